The van der Waals surface area contributed by atoms with Gasteiger partial charge in [-0.15, -0.1) is 0 Å². The predicted octanol–water partition coefficient (Wildman–Crippen LogP) is 9.14. The van der Waals surface area contributed by atoms with E-state index in [0.29, 0.717) is 6.42 Å². The minimum absolute atomic E-state index is 0.269. The van der Waals surface area contributed by atoms with E-state index in [-0.39, 0.29) is 12.5 Å². The van der Waals surface area contributed by atoms with Crippen LogP contribution in [0.5, 0.6) is 0 Å². The summed E-state index contributed by atoms with van der Waals surface area (Å²) < 4.78 is 5.29. The first-order chi connectivity index (χ1) is 18.9. The Morgan fingerprint density at radius 3 is 1.54 bits per heavy atom. The van der Waals surface area contributed by atoms with Gasteiger partial charge in [-0.05, 0) is 18.8 Å². The van der Waals surface area contributed by atoms with Gasteiger partial charge in [0.05, 0.1) is 13.0 Å². The van der Waals surface area contributed by atoms with Crippen molar-refractivity contribution in [3.05, 3.63) is 0 Å². The molecule has 1 atom stereocenters. The molecule has 0 rings (SSSR count). The third kappa shape index (κ3) is 27.8. The van der Waals surface area contributed by atoms with Crippen molar-refractivity contribution < 1.29 is 24.2 Å². The molecular weight excluding hydrogens is 490 g/mol. The van der Waals surface area contributed by atoms with Crippen molar-refractivity contribution >= 4 is 17.8 Å². The normalized spacial score (nSPS) is 12.0. The number of esters is 1. The van der Waals surface area contributed by atoms with Gasteiger partial charge in [0, 0.05) is 6.42 Å². The zero-order valence-electron chi connectivity index (χ0n) is 25.9. The Hall–Kier alpha value is -1.59. The lowest BCUT2D eigenvalue weighted by atomic mass is 10.0. The third-order valence-electron chi connectivity index (χ3n) is 7.43. The second-order valence-corrected chi connectivity index (χ2v) is 11.9. The monoisotopic (exact) mass is 553 g/mol. The molecule has 6 heteroatoms. The standard InChI is InChI=1S/C33H63NO5/c1-4-5-6-7-8-9-10-11-12-13-17-20-23-26-31(35)34-30(28-32(36)37)33(38)39-27-24-21-18-15-14-16-19-22-25-29(2)3/h29-30H,4-28H2,1-3H3,(H,34,35)(H,36,37)/t30-/m0/s1. The van der Waals surface area contributed by atoms with Gasteiger partial charge < -0.3 is 15.2 Å². The van der Waals surface area contributed by atoms with E-state index in [2.05, 4.69) is 26.1 Å². The SMILES string of the molecule is CCCCCCCCCCCCCCCC(=O)N[C@@H](CC(=O)O)C(=O)OCCCCCCCCCCC(C)C. The minimum atomic E-state index is -1.12. The van der Waals surface area contributed by atoms with Gasteiger partial charge in [-0.1, -0.05) is 149 Å². The minimum Gasteiger partial charge on any atom is -0.481 e. The molecule has 230 valence electrons. The van der Waals surface area contributed by atoms with Gasteiger partial charge in [0.2, 0.25) is 5.91 Å². The number of amides is 1. The van der Waals surface area contributed by atoms with Crippen molar-refractivity contribution in [2.45, 2.75) is 181 Å². The largest absolute Gasteiger partial charge is 0.481 e. The van der Waals surface area contributed by atoms with Crippen LogP contribution in [0, 0.1) is 5.92 Å². The number of carboxylic acids is 1. The Morgan fingerprint density at radius 2 is 1.08 bits per heavy atom. The lowest BCUT2D eigenvalue weighted by molar-refractivity contribution is -0.151. The molecule has 0 aliphatic carbocycles. The molecule has 0 aromatic carbocycles. The second-order valence-electron chi connectivity index (χ2n) is 11.9. The van der Waals surface area contributed by atoms with Crippen molar-refractivity contribution in [1.82, 2.24) is 5.32 Å². The molecule has 0 radical (unpaired) electrons. The van der Waals surface area contributed by atoms with E-state index in [9.17, 15) is 14.4 Å². The topological polar surface area (TPSA) is 92.7 Å². The third-order valence-corrected chi connectivity index (χ3v) is 7.43. The van der Waals surface area contributed by atoms with Gasteiger partial charge in [-0.2, -0.15) is 0 Å². The second kappa shape index (κ2) is 28.0. The maximum absolute atomic E-state index is 12.4. The fourth-order valence-electron chi connectivity index (χ4n) is 4.93. The first-order valence-electron chi connectivity index (χ1n) is 16.5. The van der Waals surface area contributed by atoms with Gasteiger partial charge in [0.25, 0.3) is 0 Å². The first-order valence-corrected chi connectivity index (χ1v) is 16.5. The Labute approximate surface area is 240 Å². The summed E-state index contributed by atoms with van der Waals surface area (Å²) in [5, 5.41) is 11.7. The molecule has 0 spiro atoms. The molecule has 0 unspecified atom stereocenters. The van der Waals surface area contributed by atoms with Crippen LogP contribution in [0.1, 0.15) is 175 Å². The molecule has 1 amide bonds. The highest BCUT2D eigenvalue weighted by Gasteiger charge is 2.25. The van der Waals surface area contributed by atoms with Crippen LogP contribution in [-0.4, -0.2) is 35.6 Å². The first kappa shape index (κ1) is 37.4. The van der Waals surface area contributed by atoms with Crippen molar-refractivity contribution in [3.63, 3.8) is 0 Å². The quantitative estimate of drug-likeness (QED) is 0.0711. The number of rotatable bonds is 29. The molecule has 6 nitrogen and oxygen atoms in total. The van der Waals surface area contributed by atoms with Gasteiger partial charge in [-0.3, -0.25) is 9.59 Å². The molecule has 0 aliphatic rings. The molecule has 0 saturated heterocycles. The molecule has 2 N–H and O–H groups in total. The van der Waals surface area contributed by atoms with Crippen molar-refractivity contribution in [2.75, 3.05) is 6.61 Å². The fourth-order valence-corrected chi connectivity index (χ4v) is 4.93. The van der Waals surface area contributed by atoms with E-state index in [0.717, 1.165) is 44.4 Å². The van der Waals surface area contributed by atoms with Crippen molar-refractivity contribution in [1.29, 1.82) is 0 Å². The summed E-state index contributed by atoms with van der Waals surface area (Å²) >= 11 is 0. The Balaban J connectivity index is 3.82. The summed E-state index contributed by atoms with van der Waals surface area (Å²) in [6, 6.07) is -1.11. The summed E-state index contributed by atoms with van der Waals surface area (Å²) in [5.41, 5.74) is 0. The number of carboxylic acid groups (broad SMARTS) is 1. The van der Waals surface area contributed by atoms with E-state index in [4.69, 9.17) is 9.84 Å². The highest BCUT2D eigenvalue weighted by Crippen LogP contribution is 2.14. The van der Waals surface area contributed by atoms with E-state index in [1.807, 2.05) is 0 Å². The molecule has 0 heterocycles. The number of hydrogen-bond acceptors (Lipinski definition) is 4. The van der Waals surface area contributed by atoms with E-state index >= 15 is 0 Å². The smallest absolute Gasteiger partial charge is 0.329 e. The zero-order valence-corrected chi connectivity index (χ0v) is 25.9. The van der Waals surface area contributed by atoms with Crippen molar-refractivity contribution in [3.8, 4) is 0 Å². The molecule has 0 bridgehead atoms. The van der Waals surface area contributed by atoms with Crippen LogP contribution in [0.15, 0.2) is 0 Å². The molecule has 39 heavy (non-hydrogen) atoms. The average molecular weight is 554 g/mol. The van der Waals surface area contributed by atoms with E-state index in [1.165, 1.54) is 103 Å². The molecule has 0 aromatic rings. The van der Waals surface area contributed by atoms with Crippen LogP contribution in [0.3, 0.4) is 0 Å². The van der Waals surface area contributed by atoms with Crippen LogP contribution >= 0.6 is 0 Å². The summed E-state index contributed by atoms with van der Waals surface area (Å²) in [6.07, 6.45) is 26.5. The van der Waals surface area contributed by atoms with Gasteiger partial charge in [-0.25, -0.2) is 4.79 Å². The Bertz CT molecular complexity index is 593. The lowest BCUT2D eigenvalue weighted by Gasteiger charge is -2.16. The molecule has 0 aromatic heterocycles. The van der Waals surface area contributed by atoms with Crippen LogP contribution < -0.4 is 5.32 Å². The number of aliphatic carboxylic acids is 1. The number of hydrogen-bond donors (Lipinski definition) is 2. The van der Waals surface area contributed by atoms with Crippen LogP contribution in [0.2, 0.25) is 0 Å². The Kier molecular flexibility index (Phi) is 26.8. The molecule has 0 aliphatic heterocycles. The fraction of sp³-hybridized carbons (Fsp3) is 0.909. The molecular formula is C33H63NO5. The number of carbonyl (C=O) groups is 3. The number of ether oxygens (including phenoxy) is 1. The average Bonchev–Trinajstić information content (AvgIpc) is 2.89. The van der Waals surface area contributed by atoms with Crippen LogP contribution in [0.25, 0.3) is 0 Å². The maximum Gasteiger partial charge on any atom is 0.329 e. The van der Waals surface area contributed by atoms with Crippen LogP contribution in [0.4, 0.5) is 0 Å². The summed E-state index contributed by atoms with van der Waals surface area (Å²) in [7, 11) is 0. The van der Waals surface area contributed by atoms with Crippen LogP contribution in [-0.2, 0) is 19.1 Å². The summed E-state index contributed by atoms with van der Waals surface area (Å²) in [4.78, 5) is 35.9. The summed E-state index contributed by atoms with van der Waals surface area (Å²) in [6.45, 7) is 7.06. The number of nitrogens with one attached hydrogen (secondary N) is 1. The zero-order chi connectivity index (χ0) is 29.0. The Morgan fingerprint density at radius 1 is 0.641 bits per heavy atom. The number of carbonyl (C=O) groups excluding carboxylic acids is 2. The maximum atomic E-state index is 12.4. The highest BCUT2D eigenvalue weighted by molar-refractivity contribution is 5.87. The molecule has 0 saturated carbocycles. The van der Waals surface area contributed by atoms with Gasteiger partial charge >= 0.3 is 11.9 Å². The lowest BCUT2D eigenvalue weighted by Crippen LogP contribution is -2.43. The van der Waals surface area contributed by atoms with E-state index < -0.39 is 24.4 Å². The number of unbranched alkanes of at least 4 members (excludes halogenated alkanes) is 19. The highest BCUT2D eigenvalue weighted by atomic mass is 16.5. The molecule has 0 fully saturated rings. The van der Waals surface area contributed by atoms with Crippen molar-refractivity contribution in [2.24, 2.45) is 5.92 Å². The van der Waals surface area contributed by atoms with E-state index in [1.54, 1.807) is 0 Å². The van der Waals surface area contributed by atoms with Gasteiger partial charge in [0.1, 0.15) is 6.04 Å². The van der Waals surface area contributed by atoms with Gasteiger partial charge in [0.15, 0.2) is 0 Å². The summed E-state index contributed by atoms with van der Waals surface area (Å²) in [5.74, 6) is -1.23. The predicted molar refractivity (Wildman–Crippen MR) is 162 cm³/mol.